The number of hydrogen-bond acceptors (Lipinski definition) is 2. The molecule has 0 aliphatic carbocycles. The fourth-order valence-corrected chi connectivity index (χ4v) is 2.55. The number of hydrogen-bond donors (Lipinski definition) is 2. The van der Waals surface area contributed by atoms with Gasteiger partial charge in [-0.05, 0) is 36.2 Å². The molecule has 6 heteroatoms. The van der Waals surface area contributed by atoms with Crippen LogP contribution in [0.1, 0.15) is 11.1 Å². The van der Waals surface area contributed by atoms with Crippen molar-refractivity contribution in [2.24, 2.45) is 0 Å². The predicted octanol–water partition coefficient (Wildman–Crippen LogP) is 4.65. The van der Waals surface area contributed by atoms with Gasteiger partial charge in [0.15, 0.2) is 0 Å². The quantitative estimate of drug-likeness (QED) is 0.687. The van der Waals surface area contributed by atoms with E-state index < -0.39 is 0 Å². The number of amides is 2. The molecular weight excluding hydrogens is 368 g/mol. The summed E-state index contributed by atoms with van der Waals surface area (Å²) in [5, 5.41) is 9.90. The Morgan fingerprint density at radius 3 is 2.62 bits per heavy atom. The van der Waals surface area contributed by atoms with Crippen molar-refractivity contribution in [1.29, 1.82) is 0 Å². The van der Waals surface area contributed by atoms with E-state index in [1.165, 1.54) is 0 Å². The van der Waals surface area contributed by atoms with Crippen LogP contribution in [0.3, 0.4) is 0 Å². The van der Waals surface area contributed by atoms with Gasteiger partial charge in [0.2, 0.25) is 0 Å². The number of aromatic nitrogens is 2. The van der Waals surface area contributed by atoms with E-state index in [2.05, 4.69) is 31.7 Å². The Balaban J connectivity index is 1.60. The van der Waals surface area contributed by atoms with Crippen molar-refractivity contribution in [3.8, 4) is 0 Å². The Hall–Kier alpha value is -2.60. The van der Waals surface area contributed by atoms with Crippen LogP contribution in [0, 0.1) is 6.92 Å². The molecule has 2 N–H and O–H groups in total. The number of urea groups is 1. The number of aryl methyl sites for hydroxylation is 1. The van der Waals surface area contributed by atoms with E-state index >= 15 is 0 Å². The number of para-hydroxylation sites is 1. The molecule has 0 spiro atoms. The first kappa shape index (κ1) is 16.3. The molecule has 0 radical (unpaired) electrons. The molecule has 1 heterocycles. The van der Waals surface area contributed by atoms with E-state index in [0.29, 0.717) is 12.2 Å². The first-order valence-corrected chi connectivity index (χ1v) is 8.30. The van der Waals surface area contributed by atoms with Gasteiger partial charge in [0.25, 0.3) is 0 Å². The highest BCUT2D eigenvalue weighted by atomic mass is 79.9. The molecular formula is C18H17BrN4O. The standard InChI is InChI=1S/C18H17BrN4O/c1-13-4-2-3-5-17(13)22-18(24)21-16-10-20-23(12-16)11-14-6-8-15(19)9-7-14/h2-10,12H,11H2,1H3,(H2,21,22,24). The second kappa shape index (κ2) is 7.31. The summed E-state index contributed by atoms with van der Waals surface area (Å²) in [4.78, 5) is 12.1. The number of benzene rings is 2. The first-order chi connectivity index (χ1) is 11.6. The minimum absolute atomic E-state index is 0.285. The number of halogens is 1. The fraction of sp³-hybridized carbons (Fsp3) is 0.111. The van der Waals surface area contributed by atoms with Crippen LogP contribution in [0.25, 0.3) is 0 Å². The smallest absolute Gasteiger partial charge is 0.307 e. The molecule has 0 aliphatic heterocycles. The molecule has 0 unspecified atom stereocenters. The highest BCUT2D eigenvalue weighted by Gasteiger charge is 2.06. The first-order valence-electron chi connectivity index (χ1n) is 7.51. The number of carbonyl (C=O) groups is 1. The van der Waals surface area contributed by atoms with Gasteiger partial charge in [-0.15, -0.1) is 0 Å². The highest BCUT2D eigenvalue weighted by Crippen LogP contribution is 2.15. The van der Waals surface area contributed by atoms with Crippen molar-refractivity contribution < 1.29 is 4.79 Å². The highest BCUT2D eigenvalue weighted by molar-refractivity contribution is 9.10. The zero-order valence-electron chi connectivity index (χ0n) is 13.2. The van der Waals surface area contributed by atoms with E-state index in [9.17, 15) is 4.79 Å². The van der Waals surface area contributed by atoms with Crippen LogP contribution in [0.15, 0.2) is 65.4 Å². The SMILES string of the molecule is Cc1ccccc1NC(=O)Nc1cnn(Cc2ccc(Br)cc2)c1. The van der Waals surface area contributed by atoms with Gasteiger partial charge in [-0.25, -0.2) is 4.79 Å². The molecule has 0 aliphatic rings. The van der Waals surface area contributed by atoms with Gasteiger partial charge in [0, 0.05) is 16.4 Å². The molecule has 0 saturated carbocycles. The summed E-state index contributed by atoms with van der Waals surface area (Å²) in [5.41, 5.74) is 3.59. The lowest BCUT2D eigenvalue weighted by Gasteiger charge is -2.08. The van der Waals surface area contributed by atoms with Crippen LogP contribution < -0.4 is 10.6 Å². The van der Waals surface area contributed by atoms with Crippen LogP contribution in [0.4, 0.5) is 16.2 Å². The molecule has 0 atom stereocenters. The average Bonchev–Trinajstić information content (AvgIpc) is 2.99. The lowest BCUT2D eigenvalue weighted by atomic mass is 10.2. The molecule has 2 aromatic carbocycles. The van der Waals surface area contributed by atoms with Crippen molar-refractivity contribution >= 4 is 33.3 Å². The summed E-state index contributed by atoms with van der Waals surface area (Å²) >= 11 is 3.42. The molecule has 0 bridgehead atoms. The largest absolute Gasteiger partial charge is 0.323 e. The van der Waals surface area contributed by atoms with Gasteiger partial charge < -0.3 is 10.6 Å². The van der Waals surface area contributed by atoms with Crippen LogP contribution in [0.2, 0.25) is 0 Å². The van der Waals surface area contributed by atoms with Crippen LogP contribution in [0.5, 0.6) is 0 Å². The Morgan fingerprint density at radius 1 is 1.12 bits per heavy atom. The van der Waals surface area contributed by atoms with Crippen LogP contribution >= 0.6 is 15.9 Å². The van der Waals surface area contributed by atoms with Crippen molar-refractivity contribution in [1.82, 2.24) is 9.78 Å². The number of nitrogens with one attached hydrogen (secondary N) is 2. The number of rotatable bonds is 4. The van der Waals surface area contributed by atoms with E-state index in [0.717, 1.165) is 21.3 Å². The van der Waals surface area contributed by atoms with E-state index in [1.54, 1.807) is 17.1 Å². The third kappa shape index (κ3) is 4.23. The second-order valence-corrected chi connectivity index (χ2v) is 6.36. The topological polar surface area (TPSA) is 59.0 Å². The van der Waals surface area contributed by atoms with Crippen molar-refractivity contribution in [2.75, 3.05) is 10.6 Å². The Bertz CT molecular complexity index is 842. The summed E-state index contributed by atoms with van der Waals surface area (Å²) in [6.45, 7) is 2.60. The van der Waals surface area contributed by atoms with Crippen LogP contribution in [-0.2, 0) is 6.54 Å². The Morgan fingerprint density at radius 2 is 1.88 bits per heavy atom. The maximum atomic E-state index is 12.1. The molecule has 2 amide bonds. The monoisotopic (exact) mass is 384 g/mol. The average molecular weight is 385 g/mol. The minimum Gasteiger partial charge on any atom is -0.307 e. The Kier molecular flexibility index (Phi) is 4.96. The van der Waals surface area contributed by atoms with Crippen molar-refractivity contribution in [2.45, 2.75) is 13.5 Å². The summed E-state index contributed by atoms with van der Waals surface area (Å²) in [7, 11) is 0. The minimum atomic E-state index is -0.285. The van der Waals surface area contributed by atoms with Gasteiger partial charge in [-0.3, -0.25) is 4.68 Å². The zero-order chi connectivity index (χ0) is 16.9. The zero-order valence-corrected chi connectivity index (χ0v) is 14.7. The van der Waals surface area contributed by atoms with Gasteiger partial charge in [-0.2, -0.15) is 5.10 Å². The number of anilines is 2. The molecule has 3 aromatic rings. The third-order valence-electron chi connectivity index (χ3n) is 3.54. The van der Waals surface area contributed by atoms with Crippen molar-refractivity contribution in [3.63, 3.8) is 0 Å². The molecule has 5 nitrogen and oxygen atoms in total. The van der Waals surface area contributed by atoms with E-state index in [4.69, 9.17) is 0 Å². The molecule has 24 heavy (non-hydrogen) atoms. The fourth-order valence-electron chi connectivity index (χ4n) is 2.29. The van der Waals surface area contributed by atoms with Crippen molar-refractivity contribution in [3.05, 3.63) is 76.5 Å². The van der Waals surface area contributed by atoms with Crippen LogP contribution in [-0.4, -0.2) is 15.8 Å². The van der Waals surface area contributed by atoms with Gasteiger partial charge in [-0.1, -0.05) is 46.3 Å². The van der Waals surface area contributed by atoms with Gasteiger partial charge in [0.05, 0.1) is 18.4 Å². The summed E-state index contributed by atoms with van der Waals surface area (Å²) in [5.74, 6) is 0. The maximum absolute atomic E-state index is 12.1. The Labute approximate surface area is 148 Å². The summed E-state index contributed by atoms with van der Waals surface area (Å²) < 4.78 is 2.83. The van der Waals surface area contributed by atoms with Gasteiger partial charge in [0.1, 0.15) is 0 Å². The molecule has 1 aromatic heterocycles. The number of carbonyl (C=O) groups excluding carboxylic acids is 1. The van der Waals surface area contributed by atoms with E-state index in [1.807, 2.05) is 55.5 Å². The molecule has 122 valence electrons. The lowest BCUT2D eigenvalue weighted by molar-refractivity contribution is 0.262. The predicted molar refractivity (Wildman–Crippen MR) is 99.3 cm³/mol. The lowest BCUT2D eigenvalue weighted by Crippen LogP contribution is -2.19. The summed E-state index contributed by atoms with van der Waals surface area (Å²) in [6.07, 6.45) is 3.44. The summed E-state index contributed by atoms with van der Waals surface area (Å²) in [6, 6.07) is 15.4. The van der Waals surface area contributed by atoms with Gasteiger partial charge >= 0.3 is 6.03 Å². The molecule has 3 rings (SSSR count). The third-order valence-corrected chi connectivity index (χ3v) is 4.07. The molecule has 0 saturated heterocycles. The molecule has 0 fully saturated rings. The maximum Gasteiger partial charge on any atom is 0.323 e. The normalized spacial score (nSPS) is 10.4. The number of nitrogens with zero attached hydrogens (tertiary/aromatic N) is 2. The van der Waals surface area contributed by atoms with E-state index in [-0.39, 0.29) is 6.03 Å². The second-order valence-electron chi connectivity index (χ2n) is 5.45.